The van der Waals surface area contributed by atoms with E-state index in [2.05, 4.69) is 5.32 Å². The summed E-state index contributed by atoms with van der Waals surface area (Å²) in [5.74, 6) is -1.78. The number of imide groups is 2. The van der Waals surface area contributed by atoms with Gasteiger partial charge in [-0.15, -0.1) is 0 Å². The molecule has 0 aromatic heterocycles. The number of rotatable bonds is 1. The van der Waals surface area contributed by atoms with Gasteiger partial charge in [0.15, 0.2) is 0 Å². The van der Waals surface area contributed by atoms with Gasteiger partial charge >= 0.3 is 0 Å². The molecule has 0 aromatic rings. The van der Waals surface area contributed by atoms with E-state index in [-0.39, 0.29) is 24.7 Å². The Morgan fingerprint density at radius 3 is 2.25 bits per heavy atom. The first-order chi connectivity index (χ1) is 7.33. The van der Waals surface area contributed by atoms with Gasteiger partial charge < -0.3 is 0 Å². The molecule has 1 unspecified atom stereocenters. The quantitative estimate of drug-likeness (QED) is 0.590. The maximum Gasteiger partial charge on any atom is 0.250 e. The van der Waals surface area contributed by atoms with Gasteiger partial charge in [-0.2, -0.15) is 0 Å². The van der Waals surface area contributed by atoms with Crippen molar-refractivity contribution in [1.29, 1.82) is 0 Å². The Balaban J connectivity index is 2.29. The van der Waals surface area contributed by atoms with Gasteiger partial charge in [0.1, 0.15) is 6.04 Å². The summed E-state index contributed by atoms with van der Waals surface area (Å²) in [6, 6.07) is -0.950. The van der Waals surface area contributed by atoms with Crippen LogP contribution in [-0.2, 0) is 19.2 Å². The summed E-state index contributed by atoms with van der Waals surface area (Å²) in [5, 5.41) is 2.09. The zero-order valence-corrected chi connectivity index (χ0v) is 9.07. The van der Waals surface area contributed by atoms with E-state index in [1.165, 1.54) is 0 Å². The first-order valence-electron chi connectivity index (χ1n) is 5.03. The van der Waals surface area contributed by atoms with E-state index in [1.54, 1.807) is 13.8 Å². The Morgan fingerprint density at radius 2 is 1.88 bits per heavy atom. The number of hydrogen-bond acceptors (Lipinski definition) is 4. The number of nitrogens with zero attached hydrogens (tertiary/aromatic N) is 1. The molecule has 0 saturated carbocycles. The molecule has 1 atom stereocenters. The highest BCUT2D eigenvalue weighted by Gasteiger charge is 2.51. The molecular weight excluding hydrogens is 212 g/mol. The number of carbonyl (C=O) groups excluding carboxylic acids is 4. The minimum absolute atomic E-state index is 0.0871. The second-order valence-corrected chi connectivity index (χ2v) is 4.76. The van der Waals surface area contributed by atoms with Crippen molar-refractivity contribution in [1.82, 2.24) is 10.2 Å². The molecule has 2 aliphatic heterocycles. The number of hydrogen-bond donors (Lipinski definition) is 1. The van der Waals surface area contributed by atoms with Crippen LogP contribution in [0.1, 0.15) is 26.7 Å². The number of likely N-dealkylation sites (tertiary alicyclic amines) is 1. The third-order valence-electron chi connectivity index (χ3n) is 2.92. The molecule has 16 heavy (non-hydrogen) atoms. The first kappa shape index (κ1) is 10.8. The van der Waals surface area contributed by atoms with Crippen molar-refractivity contribution in [3.63, 3.8) is 0 Å². The van der Waals surface area contributed by atoms with Crippen LogP contribution >= 0.6 is 0 Å². The van der Waals surface area contributed by atoms with Crippen LogP contribution in [0.5, 0.6) is 0 Å². The molecule has 6 nitrogen and oxygen atoms in total. The lowest BCUT2D eigenvalue weighted by atomic mass is 9.92. The van der Waals surface area contributed by atoms with E-state index in [0.29, 0.717) is 0 Å². The number of carbonyl (C=O) groups is 4. The second-order valence-electron chi connectivity index (χ2n) is 4.76. The largest absolute Gasteiger partial charge is 0.295 e. The maximum absolute atomic E-state index is 11.9. The van der Waals surface area contributed by atoms with Gasteiger partial charge in [0.2, 0.25) is 23.6 Å². The molecule has 6 heteroatoms. The molecular formula is C10H12N2O4. The Bertz CT molecular complexity index is 413. The highest BCUT2D eigenvalue weighted by molar-refractivity contribution is 6.13. The van der Waals surface area contributed by atoms with Crippen LogP contribution in [0.15, 0.2) is 0 Å². The summed E-state index contributed by atoms with van der Waals surface area (Å²) in [4.78, 5) is 46.9. The van der Waals surface area contributed by atoms with Crippen LogP contribution in [0.25, 0.3) is 0 Å². The minimum Gasteiger partial charge on any atom is -0.295 e. The third kappa shape index (κ3) is 1.41. The lowest BCUT2D eigenvalue weighted by Crippen LogP contribution is -2.45. The summed E-state index contributed by atoms with van der Waals surface area (Å²) in [6.07, 6.45) is -0.0316. The number of nitrogens with one attached hydrogen (secondary N) is 1. The Labute approximate surface area is 92.0 Å². The Morgan fingerprint density at radius 1 is 1.25 bits per heavy atom. The van der Waals surface area contributed by atoms with E-state index < -0.39 is 23.3 Å². The molecule has 0 aromatic carbocycles. The molecule has 2 aliphatic rings. The Kier molecular flexibility index (Phi) is 2.11. The molecule has 0 radical (unpaired) electrons. The van der Waals surface area contributed by atoms with Crippen LogP contribution in [0.3, 0.4) is 0 Å². The fraction of sp³-hybridized carbons (Fsp3) is 0.600. The monoisotopic (exact) mass is 224 g/mol. The lowest BCUT2D eigenvalue weighted by molar-refractivity contribution is -0.147. The fourth-order valence-electron chi connectivity index (χ4n) is 2.04. The van der Waals surface area contributed by atoms with Crippen molar-refractivity contribution < 1.29 is 19.2 Å². The molecule has 0 aliphatic carbocycles. The zero-order chi connectivity index (χ0) is 12.1. The van der Waals surface area contributed by atoms with Crippen LogP contribution < -0.4 is 5.32 Å². The summed E-state index contributed by atoms with van der Waals surface area (Å²) in [7, 11) is 0. The lowest BCUT2D eigenvalue weighted by Gasteiger charge is -2.21. The highest BCUT2D eigenvalue weighted by Crippen LogP contribution is 2.34. The molecule has 2 saturated heterocycles. The summed E-state index contributed by atoms with van der Waals surface area (Å²) >= 11 is 0. The first-order valence-corrected chi connectivity index (χ1v) is 5.03. The average molecular weight is 224 g/mol. The predicted octanol–water partition coefficient (Wildman–Crippen LogP) is -0.813. The maximum atomic E-state index is 11.9. The van der Waals surface area contributed by atoms with Crippen molar-refractivity contribution in [3.8, 4) is 0 Å². The van der Waals surface area contributed by atoms with Crippen LogP contribution in [-0.4, -0.2) is 34.6 Å². The van der Waals surface area contributed by atoms with Gasteiger partial charge in [-0.3, -0.25) is 29.4 Å². The molecule has 2 rings (SSSR count). The van der Waals surface area contributed by atoms with Crippen molar-refractivity contribution in [2.45, 2.75) is 32.7 Å². The van der Waals surface area contributed by atoms with Crippen LogP contribution in [0.4, 0.5) is 0 Å². The van der Waals surface area contributed by atoms with Crippen molar-refractivity contribution >= 4 is 23.6 Å². The third-order valence-corrected chi connectivity index (χ3v) is 2.92. The highest BCUT2D eigenvalue weighted by atomic mass is 16.2. The van der Waals surface area contributed by atoms with Crippen molar-refractivity contribution in [3.05, 3.63) is 0 Å². The van der Waals surface area contributed by atoms with Crippen molar-refractivity contribution in [2.75, 3.05) is 0 Å². The van der Waals surface area contributed by atoms with E-state index in [4.69, 9.17) is 0 Å². The zero-order valence-electron chi connectivity index (χ0n) is 9.07. The topological polar surface area (TPSA) is 83.6 Å². The van der Waals surface area contributed by atoms with E-state index in [0.717, 1.165) is 4.90 Å². The molecule has 0 bridgehead atoms. The van der Waals surface area contributed by atoms with E-state index in [9.17, 15) is 19.2 Å². The normalized spacial score (nSPS) is 28.9. The van der Waals surface area contributed by atoms with E-state index >= 15 is 0 Å². The number of amides is 4. The SMILES string of the molecule is CC1(C)CC(=O)N(C2CC(=O)NC2=O)C1=O. The molecule has 2 heterocycles. The van der Waals surface area contributed by atoms with E-state index in [1.807, 2.05) is 0 Å². The molecule has 2 fully saturated rings. The average Bonchev–Trinajstić information content (AvgIpc) is 2.53. The van der Waals surface area contributed by atoms with Crippen LogP contribution in [0.2, 0.25) is 0 Å². The predicted molar refractivity (Wildman–Crippen MR) is 51.8 cm³/mol. The molecule has 0 spiro atoms. The minimum atomic E-state index is -0.950. The standard InChI is InChI=1S/C10H12N2O4/c1-10(2)4-7(14)12(9(10)16)5-3-6(13)11-8(5)15/h5H,3-4H2,1-2H3,(H,11,13,15). The summed E-state index contributed by atoms with van der Waals surface area (Å²) < 4.78 is 0. The summed E-state index contributed by atoms with van der Waals surface area (Å²) in [6.45, 7) is 3.31. The Hall–Kier alpha value is -1.72. The van der Waals surface area contributed by atoms with Gasteiger partial charge in [-0.1, -0.05) is 13.8 Å². The summed E-state index contributed by atoms with van der Waals surface area (Å²) in [5.41, 5.74) is -0.775. The van der Waals surface area contributed by atoms with Gasteiger partial charge in [-0.05, 0) is 0 Å². The second kappa shape index (κ2) is 3.13. The smallest absolute Gasteiger partial charge is 0.250 e. The molecule has 1 N–H and O–H groups in total. The van der Waals surface area contributed by atoms with Gasteiger partial charge in [0, 0.05) is 6.42 Å². The van der Waals surface area contributed by atoms with Gasteiger partial charge in [0.25, 0.3) is 0 Å². The van der Waals surface area contributed by atoms with Gasteiger partial charge in [0.05, 0.1) is 11.8 Å². The van der Waals surface area contributed by atoms with Crippen molar-refractivity contribution in [2.24, 2.45) is 5.41 Å². The van der Waals surface area contributed by atoms with Gasteiger partial charge in [-0.25, -0.2) is 0 Å². The van der Waals surface area contributed by atoms with Crippen LogP contribution in [0, 0.1) is 5.41 Å². The fourth-order valence-corrected chi connectivity index (χ4v) is 2.04. The molecule has 4 amide bonds. The molecule has 86 valence electrons.